The highest BCUT2D eigenvalue weighted by Gasteiger charge is 2.37. The molecule has 3 N–H and O–H groups in total. The summed E-state index contributed by atoms with van der Waals surface area (Å²) in [5, 5.41) is 13.6. The van der Waals surface area contributed by atoms with Gasteiger partial charge in [0.05, 0.1) is 6.61 Å². The van der Waals surface area contributed by atoms with E-state index in [-0.39, 0.29) is 5.04 Å². The van der Waals surface area contributed by atoms with Gasteiger partial charge in [-0.05, 0) is 65.3 Å². The van der Waals surface area contributed by atoms with Crippen molar-refractivity contribution in [2.75, 3.05) is 5.32 Å². The van der Waals surface area contributed by atoms with Crippen molar-refractivity contribution in [1.29, 1.82) is 0 Å². The van der Waals surface area contributed by atoms with Gasteiger partial charge in [-0.25, -0.2) is 4.79 Å². The molecule has 6 nitrogen and oxygen atoms in total. The molecule has 8 heteroatoms. The zero-order valence-corrected chi connectivity index (χ0v) is 18.7. The predicted molar refractivity (Wildman–Crippen MR) is 110 cm³/mol. The standard InChI is InChI=1S/C17H27IN2O4Si/c1-11(19-16(22)23)15(21)20-13-8-7-12(14(18)9-13)10-24-25(5,6)17(2,3)4/h7-9,11,19H,10H2,1-6H3,(H,20,21)(H,22,23). The SMILES string of the molecule is CC(NC(=O)O)C(=O)Nc1ccc(CO[Si](C)(C)C(C)(C)C)c(I)c1. The second kappa shape index (κ2) is 8.50. The van der Waals surface area contributed by atoms with Crippen molar-refractivity contribution in [2.45, 2.75) is 58.5 Å². The van der Waals surface area contributed by atoms with Crippen molar-refractivity contribution in [1.82, 2.24) is 5.32 Å². The van der Waals surface area contributed by atoms with Gasteiger partial charge in [0, 0.05) is 9.26 Å². The lowest BCUT2D eigenvalue weighted by molar-refractivity contribution is -0.117. The summed E-state index contributed by atoms with van der Waals surface area (Å²) in [5.41, 5.74) is 1.70. The molecule has 1 unspecified atom stereocenters. The van der Waals surface area contributed by atoms with Crippen LogP contribution in [0.1, 0.15) is 33.3 Å². The maximum Gasteiger partial charge on any atom is 0.405 e. The minimum absolute atomic E-state index is 0.152. The van der Waals surface area contributed by atoms with E-state index >= 15 is 0 Å². The Morgan fingerprint density at radius 2 is 1.92 bits per heavy atom. The average molecular weight is 478 g/mol. The molecule has 0 heterocycles. The minimum Gasteiger partial charge on any atom is -0.465 e. The Hall–Kier alpha value is -1.13. The molecule has 1 aromatic carbocycles. The molecule has 0 radical (unpaired) electrons. The van der Waals surface area contributed by atoms with Gasteiger partial charge in [-0.3, -0.25) is 4.79 Å². The fourth-order valence-electron chi connectivity index (χ4n) is 1.72. The number of carbonyl (C=O) groups excluding carboxylic acids is 1. The summed E-state index contributed by atoms with van der Waals surface area (Å²) in [5.74, 6) is -0.400. The lowest BCUT2D eigenvalue weighted by Crippen LogP contribution is -2.41. The Morgan fingerprint density at radius 1 is 1.32 bits per heavy atom. The van der Waals surface area contributed by atoms with Crippen molar-refractivity contribution >= 4 is 48.6 Å². The number of benzene rings is 1. The Labute approximate surface area is 164 Å². The molecule has 1 rings (SSSR count). The first kappa shape index (κ1) is 21.9. The third kappa shape index (κ3) is 6.59. The second-order valence-electron chi connectivity index (χ2n) is 7.52. The summed E-state index contributed by atoms with van der Waals surface area (Å²) >= 11 is 2.22. The summed E-state index contributed by atoms with van der Waals surface area (Å²) in [6.07, 6.45) is -1.23. The maximum atomic E-state index is 12.0. The van der Waals surface area contributed by atoms with Crippen LogP contribution in [0.4, 0.5) is 10.5 Å². The van der Waals surface area contributed by atoms with E-state index in [2.05, 4.69) is 67.1 Å². The normalized spacial score (nSPS) is 13.2. The van der Waals surface area contributed by atoms with E-state index in [4.69, 9.17) is 9.53 Å². The molecule has 0 saturated carbocycles. The fourth-order valence-corrected chi connectivity index (χ4v) is 3.34. The number of hydrogen-bond donors (Lipinski definition) is 3. The largest absolute Gasteiger partial charge is 0.465 e. The number of carboxylic acid groups (broad SMARTS) is 1. The minimum atomic E-state index is -1.82. The van der Waals surface area contributed by atoms with Crippen LogP contribution in [0.3, 0.4) is 0 Å². The quantitative estimate of drug-likeness (QED) is 0.418. The smallest absolute Gasteiger partial charge is 0.405 e. The second-order valence-corrected chi connectivity index (χ2v) is 13.5. The number of rotatable bonds is 6. The van der Waals surface area contributed by atoms with E-state index in [9.17, 15) is 9.59 Å². The molecular formula is C17H27IN2O4Si. The zero-order valence-electron chi connectivity index (χ0n) is 15.6. The molecule has 2 amide bonds. The Bertz CT molecular complexity index is 644. The van der Waals surface area contributed by atoms with Crippen LogP contribution in [0.25, 0.3) is 0 Å². The molecular weight excluding hydrogens is 451 g/mol. The summed E-state index contributed by atoms with van der Waals surface area (Å²) in [6, 6.07) is 4.77. The maximum absolute atomic E-state index is 12.0. The molecule has 0 aliphatic carbocycles. The van der Waals surface area contributed by atoms with Crippen LogP contribution in [0.5, 0.6) is 0 Å². The molecule has 0 aliphatic rings. The number of nitrogens with one attached hydrogen (secondary N) is 2. The lowest BCUT2D eigenvalue weighted by Gasteiger charge is -2.36. The highest BCUT2D eigenvalue weighted by atomic mass is 127. The van der Waals surface area contributed by atoms with Crippen LogP contribution in [-0.4, -0.2) is 31.5 Å². The number of anilines is 1. The van der Waals surface area contributed by atoms with Crippen molar-refractivity contribution in [3.05, 3.63) is 27.3 Å². The zero-order chi connectivity index (χ0) is 19.4. The van der Waals surface area contributed by atoms with E-state index < -0.39 is 26.4 Å². The van der Waals surface area contributed by atoms with Gasteiger partial charge in [-0.2, -0.15) is 0 Å². The third-order valence-corrected chi connectivity index (χ3v) is 9.93. The van der Waals surface area contributed by atoms with Crippen LogP contribution in [0.15, 0.2) is 18.2 Å². The number of carbonyl (C=O) groups is 2. The topological polar surface area (TPSA) is 87.7 Å². The summed E-state index contributed by atoms with van der Waals surface area (Å²) in [7, 11) is -1.82. The third-order valence-electron chi connectivity index (χ3n) is 4.45. The van der Waals surface area contributed by atoms with Crippen molar-refractivity contribution in [3.63, 3.8) is 0 Å². The molecule has 25 heavy (non-hydrogen) atoms. The van der Waals surface area contributed by atoms with Gasteiger partial charge < -0.3 is 20.2 Å². The Kier molecular flexibility index (Phi) is 7.45. The van der Waals surface area contributed by atoms with Gasteiger partial charge in [0.1, 0.15) is 6.04 Å². The number of hydrogen-bond acceptors (Lipinski definition) is 3. The number of halogens is 1. The van der Waals surface area contributed by atoms with Gasteiger partial charge in [0.25, 0.3) is 0 Å². The molecule has 1 atom stereocenters. The molecule has 0 bridgehead atoms. The van der Waals surface area contributed by atoms with E-state index in [1.807, 2.05) is 12.1 Å². The molecule has 140 valence electrons. The number of amides is 2. The molecule has 0 aliphatic heterocycles. The first-order chi connectivity index (χ1) is 11.3. The van der Waals surface area contributed by atoms with E-state index in [1.54, 1.807) is 6.07 Å². The molecule has 1 aromatic rings. The van der Waals surface area contributed by atoms with Crippen LogP contribution in [0, 0.1) is 3.57 Å². The van der Waals surface area contributed by atoms with Crippen LogP contribution in [0.2, 0.25) is 18.1 Å². The van der Waals surface area contributed by atoms with Gasteiger partial charge in [-0.1, -0.05) is 26.8 Å². The van der Waals surface area contributed by atoms with Gasteiger partial charge >= 0.3 is 6.09 Å². The van der Waals surface area contributed by atoms with Crippen LogP contribution < -0.4 is 10.6 Å². The monoisotopic (exact) mass is 478 g/mol. The fraction of sp³-hybridized carbons (Fsp3) is 0.529. The van der Waals surface area contributed by atoms with Gasteiger partial charge in [-0.15, -0.1) is 0 Å². The summed E-state index contributed by atoms with van der Waals surface area (Å²) in [4.78, 5) is 22.5. The van der Waals surface area contributed by atoms with E-state index in [1.165, 1.54) is 6.92 Å². The lowest BCUT2D eigenvalue weighted by atomic mass is 10.2. The highest BCUT2D eigenvalue weighted by Crippen LogP contribution is 2.37. The Balaban J connectivity index is 2.74. The summed E-state index contributed by atoms with van der Waals surface area (Å²) < 4.78 is 7.23. The molecule has 0 aromatic heterocycles. The highest BCUT2D eigenvalue weighted by molar-refractivity contribution is 14.1. The van der Waals surface area contributed by atoms with E-state index in [0.717, 1.165) is 9.13 Å². The first-order valence-corrected chi connectivity index (χ1v) is 12.0. The van der Waals surface area contributed by atoms with Crippen LogP contribution in [-0.2, 0) is 15.8 Å². The van der Waals surface area contributed by atoms with Crippen molar-refractivity contribution in [3.8, 4) is 0 Å². The van der Waals surface area contributed by atoms with Gasteiger partial charge in [0.15, 0.2) is 8.32 Å². The van der Waals surface area contributed by atoms with Crippen LogP contribution >= 0.6 is 22.6 Å². The molecule has 0 fully saturated rings. The predicted octanol–water partition coefficient (Wildman–Crippen LogP) is 4.41. The molecule has 0 spiro atoms. The van der Waals surface area contributed by atoms with E-state index in [0.29, 0.717) is 12.3 Å². The van der Waals surface area contributed by atoms with Crippen molar-refractivity contribution < 1.29 is 19.1 Å². The average Bonchev–Trinajstić information content (AvgIpc) is 2.44. The summed E-state index contributed by atoms with van der Waals surface area (Å²) in [6.45, 7) is 13.1. The first-order valence-electron chi connectivity index (χ1n) is 8.06. The molecule has 0 saturated heterocycles. The van der Waals surface area contributed by atoms with Crippen molar-refractivity contribution in [2.24, 2.45) is 0 Å². The Morgan fingerprint density at radius 3 is 2.40 bits per heavy atom. The van der Waals surface area contributed by atoms with Gasteiger partial charge in [0.2, 0.25) is 5.91 Å².